The zero-order chi connectivity index (χ0) is 20.5. The van der Waals surface area contributed by atoms with Gasteiger partial charge in [-0.2, -0.15) is 4.98 Å². The first-order valence-corrected chi connectivity index (χ1v) is 10.6. The van der Waals surface area contributed by atoms with Crippen LogP contribution < -0.4 is 10.5 Å². The van der Waals surface area contributed by atoms with Crippen molar-refractivity contribution in [3.63, 3.8) is 0 Å². The van der Waals surface area contributed by atoms with Crippen molar-refractivity contribution in [2.24, 2.45) is 5.92 Å². The molecule has 1 fully saturated rings. The first kappa shape index (κ1) is 18.7. The second kappa shape index (κ2) is 7.86. The highest BCUT2D eigenvalue weighted by molar-refractivity contribution is 6.02. The van der Waals surface area contributed by atoms with Gasteiger partial charge in [0.1, 0.15) is 0 Å². The third-order valence-electron chi connectivity index (χ3n) is 6.06. The highest BCUT2D eigenvalue weighted by atomic mass is 16.1. The van der Waals surface area contributed by atoms with Crippen molar-refractivity contribution in [3.05, 3.63) is 69.6 Å². The van der Waals surface area contributed by atoms with E-state index in [9.17, 15) is 9.59 Å². The van der Waals surface area contributed by atoms with Crippen molar-refractivity contribution >= 4 is 28.8 Å². The van der Waals surface area contributed by atoms with Crippen LogP contribution in [0, 0.1) is 5.92 Å². The Bertz CT molecular complexity index is 1180. The molecule has 1 aliphatic heterocycles. The van der Waals surface area contributed by atoms with Crippen LogP contribution in [-0.2, 0) is 6.42 Å². The van der Waals surface area contributed by atoms with Gasteiger partial charge in [0.25, 0.3) is 5.56 Å². The van der Waals surface area contributed by atoms with E-state index in [1.54, 1.807) is 6.20 Å². The van der Waals surface area contributed by atoms with Crippen LogP contribution in [0.5, 0.6) is 0 Å². The van der Waals surface area contributed by atoms with Gasteiger partial charge in [-0.1, -0.05) is 42.5 Å². The van der Waals surface area contributed by atoms with Crippen LogP contribution >= 0.6 is 0 Å². The molecule has 0 saturated carbocycles. The van der Waals surface area contributed by atoms with Crippen molar-refractivity contribution in [1.29, 1.82) is 0 Å². The van der Waals surface area contributed by atoms with Crippen LogP contribution in [0.4, 0.5) is 5.95 Å². The summed E-state index contributed by atoms with van der Waals surface area (Å²) in [5.41, 5.74) is 2.66. The van der Waals surface area contributed by atoms with Gasteiger partial charge in [0.2, 0.25) is 5.95 Å². The van der Waals surface area contributed by atoms with Gasteiger partial charge < -0.3 is 4.90 Å². The Morgan fingerprint density at radius 3 is 2.63 bits per heavy atom. The molecule has 1 atom stereocenters. The molecule has 0 spiro atoms. The molecule has 5 rings (SSSR count). The predicted molar refractivity (Wildman–Crippen MR) is 118 cm³/mol. The molecule has 6 nitrogen and oxygen atoms in total. The summed E-state index contributed by atoms with van der Waals surface area (Å²) < 4.78 is 0. The zero-order valence-corrected chi connectivity index (χ0v) is 16.8. The SMILES string of the molecule is O=C1CC(C=Cc2ccccc2)Cc2c1cnc1nc(N3CCCCC3)[nH]c(=O)c21. The third-order valence-corrected chi connectivity index (χ3v) is 6.06. The van der Waals surface area contributed by atoms with Gasteiger partial charge in [0.15, 0.2) is 11.4 Å². The van der Waals surface area contributed by atoms with Gasteiger partial charge in [0.05, 0.1) is 5.39 Å². The lowest BCUT2D eigenvalue weighted by molar-refractivity contribution is 0.0959. The van der Waals surface area contributed by atoms with Crippen LogP contribution in [-0.4, -0.2) is 33.8 Å². The fraction of sp³-hybridized carbons (Fsp3) is 0.333. The molecule has 1 aromatic carbocycles. The predicted octanol–water partition coefficient (Wildman–Crippen LogP) is 3.77. The zero-order valence-electron chi connectivity index (χ0n) is 16.8. The average molecular weight is 400 g/mol. The summed E-state index contributed by atoms with van der Waals surface area (Å²) in [4.78, 5) is 39.9. The van der Waals surface area contributed by atoms with E-state index in [1.807, 2.05) is 36.4 Å². The van der Waals surface area contributed by atoms with Crippen LogP contribution in [0.25, 0.3) is 17.1 Å². The smallest absolute Gasteiger partial charge is 0.262 e. The number of hydrogen-bond acceptors (Lipinski definition) is 5. The Morgan fingerprint density at radius 2 is 1.83 bits per heavy atom. The van der Waals surface area contributed by atoms with E-state index in [2.05, 4.69) is 25.9 Å². The van der Waals surface area contributed by atoms with Crippen LogP contribution in [0.1, 0.15) is 47.2 Å². The number of benzene rings is 1. The number of carbonyl (C=O) groups excluding carboxylic acids is 1. The molecule has 30 heavy (non-hydrogen) atoms. The summed E-state index contributed by atoms with van der Waals surface area (Å²) in [5.74, 6) is 0.673. The van der Waals surface area contributed by atoms with E-state index >= 15 is 0 Å². The number of Topliss-reactive ketones (excluding diaryl/α,β-unsaturated/α-hetero) is 1. The number of pyridine rings is 1. The number of aromatic amines is 1. The maximum Gasteiger partial charge on any atom is 0.262 e. The Hall–Kier alpha value is -3.28. The molecule has 152 valence electrons. The van der Waals surface area contributed by atoms with Gasteiger partial charge >= 0.3 is 0 Å². The van der Waals surface area contributed by atoms with Gasteiger partial charge in [-0.25, -0.2) is 4.98 Å². The van der Waals surface area contributed by atoms with Crippen LogP contribution in [0.3, 0.4) is 0 Å². The summed E-state index contributed by atoms with van der Waals surface area (Å²) in [7, 11) is 0. The normalized spacial score (nSPS) is 19.4. The maximum absolute atomic E-state index is 13.0. The third kappa shape index (κ3) is 3.54. The van der Waals surface area contributed by atoms with Crippen molar-refractivity contribution < 1.29 is 4.79 Å². The Morgan fingerprint density at radius 1 is 1.03 bits per heavy atom. The second-order valence-corrected chi connectivity index (χ2v) is 8.15. The van der Waals surface area contributed by atoms with E-state index in [1.165, 1.54) is 6.42 Å². The molecule has 6 heteroatoms. The van der Waals surface area contributed by atoms with Crippen molar-refractivity contribution in [2.45, 2.75) is 32.1 Å². The first-order valence-electron chi connectivity index (χ1n) is 10.6. The number of rotatable bonds is 3. The number of allylic oxidation sites excluding steroid dienone is 1. The van der Waals surface area contributed by atoms with E-state index in [-0.39, 0.29) is 17.3 Å². The molecule has 0 radical (unpaired) electrons. The number of nitrogens with zero attached hydrogens (tertiary/aromatic N) is 3. The fourth-order valence-electron chi connectivity index (χ4n) is 4.49. The number of aromatic nitrogens is 3. The molecule has 0 amide bonds. The van der Waals surface area contributed by atoms with Gasteiger partial charge in [0, 0.05) is 31.3 Å². The molecular weight excluding hydrogens is 376 g/mol. The molecule has 2 aliphatic rings. The van der Waals surface area contributed by atoms with Crippen molar-refractivity contribution in [3.8, 4) is 0 Å². The number of nitrogens with one attached hydrogen (secondary N) is 1. The quantitative estimate of drug-likeness (QED) is 0.724. The first-order chi connectivity index (χ1) is 14.7. The molecule has 1 N–H and O–H groups in total. The monoisotopic (exact) mass is 400 g/mol. The van der Waals surface area contributed by atoms with E-state index in [0.29, 0.717) is 35.4 Å². The lowest BCUT2D eigenvalue weighted by atomic mass is 9.82. The van der Waals surface area contributed by atoms with E-state index < -0.39 is 0 Å². The minimum absolute atomic E-state index is 0.0351. The Kier molecular flexibility index (Phi) is 4.91. The van der Waals surface area contributed by atoms with Gasteiger partial charge in [-0.3, -0.25) is 14.6 Å². The largest absolute Gasteiger partial charge is 0.342 e. The molecule has 1 unspecified atom stereocenters. The summed E-state index contributed by atoms with van der Waals surface area (Å²) in [6.45, 7) is 1.79. The molecule has 1 aliphatic carbocycles. The highest BCUT2D eigenvalue weighted by Gasteiger charge is 2.28. The number of hydrogen-bond donors (Lipinski definition) is 1. The summed E-state index contributed by atoms with van der Waals surface area (Å²) in [5, 5.41) is 0.458. The molecule has 0 bridgehead atoms. The lowest BCUT2D eigenvalue weighted by Gasteiger charge is -2.27. The van der Waals surface area contributed by atoms with E-state index in [4.69, 9.17) is 0 Å². The van der Waals surface area contributed by atoms with Crippen molar-refractivity contribution in [2.75, 3.05) is 18.0 Å². The van der Waals surface area contributed by atoms with Crippen LogP contribution in [0.15, 0.2) is 47.4 Å². The minimum Gasteiger partial charge on any atom is -0.342 e. The average Bonchev–Trinajstić information content (AvgIpc) is 2.78. The number of anilines is 1. The fourth-order valence-corrected chi connectivity index (χ4v) is 4.49. The second-order valence-electron chi connectivity index (χ2n) is 8.15. The number of H-pyrrole nitrogens is 1. The highest BCUT2D eigenvalue weighted by Crippen LogP contribution is 2.30. The molecular formula is C24H24N4O2. The molecule has 1 saturated heterocycles. The summed E-state index contributed by atoms with van der Waals surface area (Å²) in [6, 6.07) is 10.0. The van der Waals surface area contributed by atoms with Crippen molar-refractivity contribution in [1.82, 2.24) is 15.0 Å². The maximum atomic E-state index is 13.0. The summed E-state index contributed by atoms with van der Waals surface area (Å²) >= 11 is 0. The Balaban J connectivity index is 1.51. The molecule has 3 heterocycles. The lowest BCUT2D eigenvalue weighted by Crippen LogP contribution is -2.33. The molecule has 3 aromatic rings. The topological polar surface area (TPSA) is 79.0 Å². The molecule has 2 aromatic heterocycles. The van der Waals surface area contributed by atoms with Crippen LogP contribution in [0.2, 0.25) is 0 Å². The van der Waals surface area contributed by atoms with Gasteiger partial charge in [-0.15, -0.1) is 0 Å². The number of ketones is 1. The summed E-state index contributed by atoms with van der Waals surface area (Å²) in [6.07, 6.45) is 10.2. The Labute approximate surface area is 174 Å². The number of carbonyl (C=O) groups is 1. The minimum atomic E-state index is -0.203. The number of piperidine rings is 1. The van der Waals surface area contributed by atoms with Gasteiger partial charge in [-0.05, 0) is 42.7 Å². The standard InChI is InChI=1S/C24H24N4O2/c29-20-14-17(10-9-16-7-3-1-4-8-16)13-18-19(20)15-25-22-21(18)23(30)27-24(26-22)28-11-5-2-6-12-28/h1,3-4,7-10,15,17H,2,5-6,11-14H2,(H,25,26,27,30). The van der Waals surface area contributed by atoms with E-state index in [0.717, 1.165) is 37.1 Å². The number of fused-ring (bicyclic) bond motifs is 3.